The third-order valence-corrected chi connectivity index (χ3v) is 2.98. The number of nitrogens with two attached hydrogens (primary N) is 1. The van der Waals surface area contributed by atoms with Gasteiger partial charge < -0.3 is 10.5 Å². The molecule has 1 atom stereocenters. The zero-order valence-electron chi connectivity index (χ0n) is 9.51. The maximum Gasteiger partial charge on any atom is 0.404 e. The summed E-state index contributed by atoms with van der Waals surface area (Å²) in [5.74, 6) is -0.178. The maximum atomic E-state index is 10.7. The number of hydrogen-bond donors (Lipinski definition) is 2. The van der Waals surface area contributed by atoms with Gasteiger partial charge in [-0.25, -0.2) is 4.79 Å². The predicted molar refractivity (Wildman–Crippen MR) is 68.0 cm³/mol. The quantitative estimate of drug-likeness (QED) is 0.894. The number of carbonyl (C=O) groups is 1. The summed E-state index contributed by atoms with van der Waals surface area (Å²) < 4.78 is 4.79. The first-order valence-corrected chi connectivity index (χ1v) is 5.94. The van der Waals surface area contributed by atoms with Gasteiger partial charge in [0.25, 0.3) is 0 Å². The Morgan fingerprint density at radius 2 is 2.26 bits per heavy atom. The van der Waals surface area contributed by atoms with E-state index >= 15 is 0 Å². The molecule has 1 aromatic carbocycles. The standard InChI is InChI=1S/C10H9Cl2N5O2/c11-5-1-2-8(12)6(3-5)7(4-19-10(13)18)9-14-16-17-15-9/h1-3,7H,4H2,(H2,13,18)(H,14,15,16,17). The van der Waals surface area contributed by atoms with Crippen molar-refractivity contribution in [2.24, 2.45) is 5.73 Å². The van der Waals surface area contributed by atoms with Crippen LogP contribution in [0.5, 0.6) is 0 Å². The number of hydrogen-bond acceptors (Lipinski definition) is 5. The molecule has 1 heterocycles. The lowest BCUT2D eigenvalue weighted by atomic mass is 9.99. The van der Waals surface area contributed by atoms with E-state index in [9.17, 15) is 4.79 Å². The average molecular weight is 302 g/mol. The first kappa shape index (κ1) is 13.6. The van der Waals surface area contributed by atoms with Crippen molar-refractivity contribution in [1.82, 2.24) is 20.6 Å². The van der Waals surface area contributed by atoms with Gasteiger partial charge in [-0.05, 0) is 23.8 Å². The molecule has 0 aliphatic heterocycles. The Bertz CT molecular complexity index is 575. The molecule has 0 radical (unpaired) electrons. The van der Waals surface area contributed by atoms with Crippen LogP contribution in [0, 0.1) is 0 Å². The molecule has 19 heavy (non-hydrogen) atoms. The highest BCUT2D eigenvalue weighted by molar-refractivity contribution is 6.33. The molecule has 0 fully saturated rings. The molecule has 7 nitrogen and oxygen atoms in total. The molecule has 0 saturated heterocycles. The van der Waals surface area contributed by atoms with Crippen molar-refractivity contribution >= 4 is 29.3 Å². The normalized spacial score (nSPS) is 12.1. The van der Waals surface area contributed by atoms with Gasteiger partial charge in [0.05, 0.1) is 5.92 Å². The molecular weight excluding hydrogens is 293 g/mol. The van der Waals surface area contributed by atoms with Crippen molar-refractivity contribution in [3.8, 4) is 0 Å². The van der Waals surface area contributed by atoms with Crippen molar-refractivity contribution < 1.29 is 9.53 Å². The fourth-order valence-electron chi connectivity index (χ4n) is 1.57. The summed E-state index contributed by atoms with van der Waals surface area (Å²) in [5, 5.41) is 14.5. The van der Waals surface area contributed by atoms with E-state index in [0.29, 0.717) is 21.4 Å². The number of H-pyrrole nitrogens is 1. The van der Waals surface area contributed by atoms with Crippen molar-refractivity contribution in [3.63, 3.8) is 0 Å². The molecule has 2 rings (SSSR count). The summed E-state index contributed by atoms with van der Waals surface area (Å²) in [6, 6.07) is 4.93. The van der Waals surface area contributed by atoms with Gasteiger partial charge in [0.2, 0.25) is 0 Å². The Morgan fingerprint density at radius 3 is 2.89 bits per heavy atom. The van der Waals surface area contributed by atoms with Crippen LogP contribution in [0.25, 0.3) is 0 Å². The number of benzene rings is 1. The van der Waals surface area contributed by atoms with Crippen molar-refractivity contribution in [1.29, 1.82) is 0 Å². The number of halogens is 2. The lowest BCUT2D eigenvalue weighted by Crippen LogP contribution is -2.19. The van der Waals surface area contributed by atoms with Gasteiger partial charge in [-0.15, -0.1) is 10.2 Å². The second kappa shape index (κ2) is 5.85. The van der Waals surface area contributed by atoms with Crippen LogP contribution in [0.3, 0.4) is 0 Å². The minimum absolute atomic E-state index is 0.0606. The molecule has 0 bridgehead atoms. The second-order valence-electron chi connectivity index (χ2n) is 3.62. The highest BCUT2D eigenvalue weighted by Gasteiger charge is 2.23. The Kier molecular flexibility index (Phi) is 4.18. The lowest BCUT2D eigenvalue weighted by Gasteiger charge is -2.15. The summed E-state index contributed by atoms with van der Waals surface area (Å²) in [4.78, 5) is 10.7. The van der Waals surface area contributed by atoms with Crippen LogP contribution in [0.15, 0.2) is 18.2 Å². The number of nitrogens with zero attached hydrogens (tertiary/aromatic N) is 3. The summed E-state index contributed by atoms with van der Waals surface area (Å²) in [6.45, 7) is -0.0606. The molecule has 1 unspecified atom stereocenters. The van der Waals surface area contributed by atoms with Gasteiger partial charge >= 0.3 is 6.09 Å². The third kappa shape index (κ3) is 3.33. The maximum absolute atomic E-state index is 10.7. The van der Waals surface area contributed by atoms with Crippen molar-refractivity contribution in [2.75, 3.05) is 6.61 Å². The van der Waals surface area contributed by atoms with E-state index in [1.165, 1.54) is 0 Å². The number of aromatic nitrogens is 4. The average Bonchev–Trinajstić information content (AvgIpc) is 2.87. The highest BCUT2D eigenvalue weighted by atomic mass is 35.5. The van der Waals surface area contributed by atoms with Gasteiger partial charge in [-0.2, -0.15) is 5.21 Å². The molecule has 1 amide bonds. The summed E-state index contributed by atoms with van der Waals surface area (Å²) >= 11 is 12.0. The molecule has 0 aliphatic rings. The smallest absolute Gasteiger partial charge is 0.404 e. The van der Waals surface area contributed by atoms with E-state index in [2.05, 4.69) is 20.6 Å². The van der Waals surface area contributed by atoms with Crippen LogP contribution in [0.1, 0.15) is 17.3 Å². The van der Waals surface area contributed by atoms with Gasteiger partial charge in [-0.3, -0.25) is 0 Å². The topological polar surface area (TPSA) is 107 Å². The Labute approximate surface area is 118 Å². The van der Waals surface area contributed by atoms with Crippen molar-refractivity contribution in [2.45, 2.75) is 5.92 Å². The third-order valence-electron chi connectivity index (χ3n) is 2.40. The van der Waals surface area contributed by atoms with Crippen LogP contribution in [0.2, 0.25) is 10.0 Å². The Morgan fingerprint density at radius 1 is 1.47 bits per heavy atom. The minimum Gasteiger partial charge on any atom is -0.449 e. The van der Waals surface area contributed by atoms with E-state index in [1.54, 1.807) is 18.2 Å². The van der Waals surface area contributed by atoms with Crippen LogP contribution in [-0.4, -0.2) is 33.3 Å². The first-order valence-electron chi connectivity index (χ1n) is 5.18. The van der Waals surface area contributed by atoms with Gasteiger partial charge in [0, 0.05) is 10.0 Å². The summed E-state index contributed by atoms with van der Waals surface area (Å²) in [5.41, 5.74) is 5.58. The second-order valence-corrected chi connectivity index (χ2v) is 4.46. The zero-order chi connectivity index (χ0) is 13.8. The van der Waals surface area contributed by atoms with Gasteiger partial charge in [0.1, 0.15) is 6.61 Å². The number of tetrazole rings is 1. The molecule has 9 heteroatoms. The Balaban J connectivity index is 2.36. The van der Waals surface area contributed by atoms with Gasteiger partial charge in [0.15, 0.2) is 5.82 Å². The number of primary amides is 1. The molecule has 0 aliphatic carbocycles. The monoisotopic (exact) mass is 301 g/mol. The van der Waals surface area contributed by atoms with Crippen LogP contribution in [-0.2, 0) is 4.74 Å². The first-order chi connectivity index (χ1) is 9.08. The number of carbonyl (C=O) groups excluding carboxylic acids is 1. The Hall–Kier alpha value is -1.86. The number of nitrogens with one attached hydrogen (secondary N) is 1. The zero-order valence-corrected chi connectivity index (χ0v) is 11.0. The van der Waals surface area contributed by atoms with E-state index in [4.69, 9.17) is 33.7 Å². The number of aromatic amines is 1. The fourth-order valence-corrected chi connectivity index (χ4v) is 2.00. The lowest BCUT2D eigenvalue weighted by molar-refractivity contribution is 0.152. The fraction of sp³-hybridized carbons (Fsp3) is 0.200. The van der Waals surface area contributed by atoms with E-state index in [0.717, 1.165) is 0 Å². The van der Waals surface area contributed by atoms with Crippen LogP contribution < -0.4 is 5.73 Å². The summed E-state index contributed by atoms with van der Waals surface area (Å²) in [6.07, 6.45) is -0.897. The molecule has 1 aromatic heterocycles. The highest BCUT2D eigenvalue weighted by Crippen LogP contribution is 2.30. The molecule has 2 aromatic rings. The summed E-state index contributed by atoms with van der Waals surface area (Å²) in [7, 11) is 0. The SMILES string of the molecule is NC(=O)OCC(c1nn[nH]n1)c1cc(Cl)ccc1Cl. The van der Waals surface area contributed by atoms with E-state index in [1.807, 2.05) is 0 Å². The molecule has 100 valence electrons. The van der Waals surface area contributed by atoms with Crippen LogP contribution in [0.4, 0.5) is 4.79 Å². The largest absolute Gasteiger partial charge is 0.449 e. The number of ether oxygens (including phenoxy) is 1. The molecule has 3 N–H and O–H groups in total. The van der Waals surface area contributed by atoms with E-state index < -0.39 is 12.0 Å². The number of amides is 1. The van der Waals surface area contributed by atoms with Crippen LogP contribution >= 0.6 is 23.2 Å². The van der Waals surface area contributed by atoms with E-state index in [-0.39, 0.29) is 6.61 Å². The number of rotatable bonds is 4. The molecule has 0 spiro atoms. The predicted octanol–water partition coefficient (Wildman–Crippen LogP) is 1.73. The molecular formula is C10H9Cl2N5O2. The minimum atomic E-state index is -0.897. The van der Waals surface area contributed by atoms with Crippen molar-refractivity contribution in [3.05, 3.63) is 39.6 Å². The van der Waals surface area contributed by atoms with Gasteiger partial charge in [-0.1, -0.05) is 28.4 Å². The molecule has 0 saturated carbocycles.